The molecule has 2 aromatic carbocycles. The minimum atomic E-state index is -3.52. The highest BCUT2D eigenvalue weighted by Crippen LogP contribution is 2.22. The number of rotatable bonds is 13. The number of benzene rings is 2. The molecule has 0 saturated heterocycles. The van der Waals surface area contributed by atoms with Crippen molar-refractivity contribution in [3.8, 4) is 0 Å². The Morgan fingerprint density at radius 1 is 0.973 bits per heavy atom. The number of hydrogen-bond acceptors (Lipinski definition) is 4. The Kier molecular flexibility index (Phi) is 11.2. The van der Waals surface area contributed by atoms with Crippen molar-refractivity contribution in [2.45, 2.75) is 73.4 Å². The van der Waals surface area contributed by atoms with Gasteiger partial charge in [-0.3, -0.25) is 13.9 Å². The Hall–Kier alpha value is -2.87. The normalized spacial score (nSPS) is 12.3. The molecule has 2 rings (SSSR count). The predicted molar refractivity (Wildman–Crippen MR) is 151 cm³/mol. The van der Waals surface area contributed by atoms with Crippen LogP contribution in [-0.4, -0.2) is 50.5 Å². The van der Waals surface area contributed by atoms with E-state index in [1.54, 1.807) is 11.0 Å². The lowest BCUT2D eigenvalue weighted by Gasteiger charge is -2.31. The second-order valence-corrected chi connectivity index (χ2v) is 12.2. The maximum Gasteiger partial charge on any atom is 0.242 e. The van der Waals surface area contributed by atoms with E-state index in [4.69, 9.17) is 0 Å². The van der Waals surface area contributed by atoms with Crippen LogP contribution in [0.5, 0.6) is 0 Å². The van der Waals surface area contributed by atoms with Gasteiger partial charge >= 0.3 is 0 Å². The van der Waals surface area contributed by atoms with Crippen molar-refractivity contribution in [3.63, 3.8) is 0 Å². The number of hydrogen-bond donors (Lipinski definition) is 1. The number of nitrogens with zero attached hydrogens (tertiary/aromatic N) is 2. The monoisotopic (exact) mass is 529 g/mol. The number of carbonyl (C=O) groups excluding carboxylic acids is 2. The van der Waals surface area contributed by atoms with Gasteiger partial charge in [0.25, 0.3) is 0 Å². The molecule has 0 bridgehead atoms. The first-order chi connectivity index (χ1) is 17.3. The first-order valence-corrected chi connectivity index (χ1v) is 14.9. The Labute approximate surface area is 223 Å². The van der Waals surface area contributed by atoms with Crippen LogP contribution < -0.4 is 9.62 Å². The van der Waals surface area contributed by atoms with E-state index >= 15 is 0 Å². The molecule has 0 aromatic heterocycles. The van der Waals surface area contributed by atoms with Crippen molar-refractivity contribution in [1.82, 2.24) is 10.2 Å². The van der Waals surface area contributed by atoms with Crippen LogP contribution in [-0.2, 0) is 26.2 Å². The molecule has 1 atom stereocenters. The second-order valence-electron chi connectivity index (χ2n) is 10.3. The lowest BCUT2D eigenvalue weighted by atomic mass is 10.1. The SMILES string of the molecule is CC[C@H](C(=O)NCC(C)C)N(Cc1ccc(C)cc1)C(=O)CCCN(c1ccc(C)c(C)c1)S(C)(=O)=O. The number of anilines is 1. The van der Waals surface area contributed by atoms with Crippen molar-refractivity contribution in [3.05, 3.63) is 64.7 Å². The predicted octanol–water partition coefficient (Wildman–Crippen LogP) is 4.74. The van der Waals surface area contributed by atoms with E-state index in [0.29, 0.717) is 37.5 Å². The molecule has 8 heteroatoms. The fourth-order valence-electron chi connectivity index (χ4n) is 4.12. The minimum Gasteiger partial charge on any atom is -0.354 e. The van der Waals surface area contributed by atoms with Gasteiger partial charge in [0.15, 0.2) is 0 Å². The number of carbonyl (C=O) groups is 2. The van der Waals surface area contributed by atoms with Gasteiger partial charge in [0.05, 0.1) is 11.9 Å². The van der Waals surface area contributed by atoms with Crippen molar-refractivity contribution in [2.24, 2.45) is 5.92 Å². The van der Waals surface area contributed by atoms with E-state index in [9.17, 15) is 18.0 Å². The molecule has 0 saturated carbocycles. The largest absolute Gasteiger partial charge is 0.354 e. The van der Waals surface area contributed by atoms with Crippen molar-refractivity contribution in [1.29, 1.82) is 0 Å². The van der Waals surface area contributed by atoms with Crippen LogP contribution in [0.3, 0.4) is 0 Å². The summed E-state index contributed by atoms with van der Waals surface area (Å²) in [7, 11) is -3.52. The Morgan fingerprint density at radius 2 is 1.62 bits per heavy atom. The number of aryl methyl sites for hydroxylation is 3. The maximum atomic E-state index is 13.5. The molecule has 0 aliphatic carbocycles. The number of nitrogens with one attached hydrogen (secondary N) is 1. The van der Waals surface area contributed by atoms with Gasteiger partial charge < -0.3 is 10.2 Å². The summed E-state index contributed by atoms with van der Waals surface area (Å²) in [4.78, 5) is 28.2. The summed E-state index contributed by atoms with van der Waals surface area (Å²) in [5.41, 5.74) is 4.75. The van der Waals surface area contributed by atoms with Gasteiger partial charge in [0.1, 0.15) is 6.04 Å². The van der Waals surface area contributed by atoms with Crippen molar-refractivity contribution in [2.75, 3.05) is 23.7 Å². The summed E-state index contributed by atoms with van der Waals surface area (Å²) in [6.45, 7) is 12.9. The highest BCUT2D eigenvalue weighted by atomic mass is 32.2. The third-order valence-electron chi connectivity index (χ3n) is 6.47. The molecule has 1 N–H and O–H groups in total. The number of sulfonamides is 1. The van der Waals surface area contributed by atoms with Crippen LogP contribution in [0.4, 0.5) is 5.69 Å². The van der Waals surface area contributed by atoms with E-state index in [1.807, 2.05) is 77.9 Å². The summed E-state index contributed by atoms with van der Waals surface area (Å²) in [6, 6.07) is 12.9. The van der Waals surface area contributed by atoms with Crippen molar-refractivity contribution < 1.29 is 18.0 Å². The van der Waals surface area contributed by atoms with Gasteiger partial charge in [0.2, 0.25) is 21.8 Å². The maximum absolute atomic E-state index is 13.5. The smallest absolute Gasteiger partial charge is 0.242 e. The minimum absolute atomic E-state index is 0.136. The molecule has 0 fully saturated rings. The number of amides is 2. The Balaban J connectivity index is 2.22. The van der Waals surface area contributed by atoms with Crippen LogP contribution in [0.1, 0.15) is 62.3 Å². The summed E-state index contributed by atoms with van der Waals surface area (Å²) in [6.07, 6.45) is 2.14. The molecule has 0 spiro atoms. The third-order valence-corrected chi connectivity index (χ3v) is 7.67. The zero-order valence-corrected chi connectivity index (χ0v) is 24.2. The molecule has 2 amide bonds. The van der Waals surface area contributed by atoms with E-state index in [-0.39, 0.29) is 24.8 Å². The van der Waals surface area contributed by atoms with Gasteiger partial charge in [-0.2, -0.15) is 0 Å². The average Bonchev–Trinajstić information content (AvgIpc) is 2.82. The van der Waals surface area contributed by atoms with Gasteiger partial charge in [-0.25, -0.2) is 8.42 Å². The molecule has 0 radical (unpaired) electrons. The molecule has 7 nitrogen and oxygen atoms in total. The van der Waals surface area contributed by atoms with Crippen LogP contribution in [0, 0.1) is 26.7 Å². The van der Waals surface area contributed by atoms with Crippen molar-refractivity contribution >= 4 is 27.5 Å². The van der Waals surface area contributed by atoms with Crippen LogP contribution in [0.15, 0.2) is 42.5 Å². The Bertz CT molecular complexity index is 1160. The average molecular weight is 530 g/mol. The van der Waals surface area contributed by atoms with Gasteiger partial charge in [-0.1, -0.05) is 56.7 Å². The molecule has 37 heavy (non-hydrogen) atoms. The van der Waals surface area contributed by atoms with E-state index in [2.05, 4.69) is 5.32 Å². The topological polar surface area (TPSA) is 86.8 Å². The van der Waals surface area contributed by atoms with E-state index < -0.39 is 16.1 Å². The zero-order chi connectivity index (χ0) is 27.8. The summed E-state index contributed by atoms with van der Waals surface area (Å²) in [5.74, 6) is -0.0275. The molecule has 0 heterocycles. The molecule has 2 aromatic rings. The summed E-state index contributed by atoms with van der Waals surface area (Å²) in [5, 5.41) is 2.97. The molecule has 0 aliphatic rings. The van der Waals surface area contributed by atoms with E-state index in [1.165, 1.54) is 10.6 Å². The van der Waals surface area contributed by atoms with Gasteiger partial charge in [-0.05, 0) is 68.4 Å². The quantitative estimate of drug-likeness (QED) is 0.406. The lowest BCUT2D eigenvalue weighted by Crippen LogP contribution is -2.49. The van der Waals surface area contributed by atoms with Gasteiger partial charge in [0, 0.05) is 26.1 Å². The molecule has 0 aliphatic heterocycles. The summed E-state index contributed by atoms with van der Waals surface area (Å²) >= 11 is 0. The highest BCUT2D eigenvalue weighted by Gasteiger charge is 2.29. The highest BCUT2D eigenvalue weighted by molar-refractivity contribution is 7.92. The van der Waals surface area contributed by atoms with Crippen LogP contribution in [0.2, 0.25) is 0 Å². The molecule has 204 valence electrons. The first-order valence-electron chi connectivity index (χ1n) is 13.0. The standard InChI is InChI=1S/C29H43N3O4S/c1-8-27(29(34)30-19-21(2)3)31(20-25-14-11-22(4)12-15-25)28(33)10-9-17-32(37(7,35)36)26-16-13-23(5)24(6)18-26/h11-16,18,21,27H,8-10,17,19-20H2,1-7H3,(H,30,34)/t27-/m1/s1. The van der Waals surface area contributed by atoms with E-state index in [0.717, 1.165) is 22.3 Å². The molecular formula is C29H43N3O4S. The fourth-order valence-corrected chi connectivity index (χ4v) is 5.07. The fraction of sp³-hybridized carbons (Fsp3) is 0.517. The van der Waals surface area contributed by atoms with Crippen LogP contribution in [0.25, 0.3) is 0 Å². The zero-order valence-electron chi connectivity index (χ0n) is 23.4. The van der Waals surface area contributed by atoms with Gasteiger partial charge in [-0.15, -0.1) is 0 Å². The third kappa shape index (κ3) is 9.18. The van der Waals surface area contributed by atoms with Crippen LogP contribution >= 0.6 is 0 Å². The first kappa shape index (κ1) is 30.4. The lowest BCUT2D eigenvalue weighted by molar-refractivity contribution is -0.141. The Morgan fingerprint density at radius 3 is 2.16 bits per heavy atom. The summed E-state index contributed by atoms with van der Waals surface area (Å²) < 4.78 is 26.5. The molecule has 0 unspecified atom stereocenters. The molecular weight excluding hydrogens is 486 g/mol. The second kappa shape index (κ2) is 13.6.